The average Bonchev–Trinajstić information content (AvgIpc) is 3.20. The molecule has 1 aromatic heterocycles. The maximum Gasteiger partial charge on any atom is 0.159 e. The van der Waals surface area contributed by atoms with Gasteiger partial charge in [0.2, 0.25) is 0 Å². The Morgan fingerprint density at radius 2 is 1.77 bits per heavy atom. The summed E-state index contributed by atoms with van der Waals surface area (Å²) in [7, 11) is 1.97. The van der Waals surface area contributed by atoms with Gasteiger partial charge < -0.3 is 19.9 Å². The fourth-order valence-electron chi connectivity index (χ4n) is 3.50. The van der Waals surface area contributed by atoms with Crippen LogP contribution in [0.25, 0.3) is 22.0 Å². The van der Waals surface area contributed by atoms with Gasteiger partial charge in [-0.1, -0.05) is 30.3 Å². The standard InChI is InChI=1S/C25H26N4O/c1-26-13-15-29-14-12-21-16-19(8-10-24(21)29)20-9-11-25(23(17-20)27-2)30-18-28-22-6-4-3-5-7-22/h3-12,14,16-17,26,28H,2,13,15,18H2,1H3. The lowest BCUT2D eigenvalue weighted by atomic mass is 10.0. The molecule has 3 aromatic carbocycles. The van der Waals surface area contributed by atoms with E-state index < -0.39 is 0 Å². The van der Waals surface area contributed by atoms with Gasteiger partial charge in [0.05, 0.1) is 0 Å². The predicted octanol–water partition coefficient (Wildman–Crippen LogP) is 5.31. The number of fused-ring (bicyclic) bond motifs is 1. The van der Waals surface area contributed by atoms with E-state index in [0.29, 0.717) is 12.5 Å². The summed E-state index contributed by atoms with van der Waals surface area (Å²) in [5.41, 5.74) is 5.22. The molecule has 1 heterocycles. The molecular weight excluding hydrogens is 372 g/mol. The molecule has 0 saturated carbocycles. The van der Waals surface area contributed by atoms with Gasteiger partial charge in [0.1, 0.15) is 11.4 Å². The summed E-state index contributed by atoms with van der Waals surface area (Å²) in [6, 6.07) is 24.7. The molecule has 0 aliphatic carbocycles. The van der Waals surface area contributed by atoms with E-state index in [1.165, 1.54) is 10.9 Å². The maximum absolute atomic E-state index is 5.88. The molecule has 0 aliphatic heterocycles. The van der Waals surface area contributed by atoms with E-state index >= 15 is 0 Å². The minimum atomic E-state index is 0.359. The number of hydrogen-bond acceptors (Lipinski definition) is 4. The zero-order chi connectivity index (χ0) is 20.8. The number of nitrogens with one attached hydrogen (secondary N) is 2. The lowest BCUT2D eigenvalue weighted by Crippen LogP contribution is -2.14. The number of rotatable bonds is 9. The fourth-order valence-corrected chi connectivity index (χ4v) is 3.50. The van der Waals surface area contributed by atoms with Gasteiger partial charge in [0, 0.05) is 35.9 Å². The molecule has 0 saturated heterocycles. The highest BCUT2D eigenvalue weighted by Gasteiger charge is 2.08. The number of anilines is 1. The Morgan fingerprint density at radius 1 is 0.967 bits per heavy atom. The van der Waals surface area contributed by atoms with Crippen molar-refractivity contribution < 1.29 is 4.74 Å². The molecule has 5 heteroatoms. The van der Waals surface area contributed by atoms with Gasteiger partial charge in [-0.15, -0.1) is 0 Å². The van der Waals surface area contributed by atoms with Crippen molar-refractivity contribution in [2.75, 3.05) is 25.6 Å². The SMILES string of the molecule is C=Nc1cc(-c2ccc3c(ccn3CCNC)c2)ccc1OCNc1ccccc1. The highest BCUT2D eigenvalue weighted by molar-refractivity contribution is 5.86. The van der Waals surface area contributed by atoms with Crippen LogP contribution in [0.4, 0.5) is 11.4 Å². The van der Waals surface area contributed by atoms with E-state index in [4.69, 9.17) is 4.74 Å². The molecule has 4 aromatic rings. The highest BCUT2D eigenvalue weighted by atomic mass is 16.5. The maximum atomic E-state index is 5.88. The Hall–Kier alpha value is -3.57. The van der Waals surface area contributed by atoms with Crippen LogP contribution in [0, 0.1) is 0 Å². The zero-order valence-corrected chi connectivity index (χ0v) is 17.1. The van der Waals surface area contributed by atoms with Crippen molar-refractivity contribution in [1.82, 2.24) is 9.88 Å². The van der Waals surface area contributed by atoms with Gasteiger partial charge >= 0.3 is 0 Å². The predicted molar refractivity (Wildman–Crippen MR) is 126 cm³/mol. The molecule has 5 nitrogen and oxygen atoms in total. The van der Waals surface area contributed by atoms with Crippen molar-refractivity contribution in [3.63, 3.8) is 0 Å². The van der Waals surface area contributed by atoms with E-state index in [2.05, 4.69) is 63.4 Å². The van der Waals surface area contributed by atoms with Crippen LogP contribution in [0.3, 0.4) is 0 Å². The third-order valence-corrected chi connectivity index (χ3v) is 5.11. The Kier molecular flexibility index (Phi) is 6.11. The molecule has 0 radical (unpaired) electrons. The molecule has 0 amide bonds. The van der Waals surface area contributed by atoms with Crippen LogP contribution in [0.1, 0.15) is 0 Å². The molecule has 30 heavy (non-hydrogen) atoms. The number of aliphatic imine (C=N–C) groups is 1. The zero-order valence-electron chi connectivity index (χ0n) is 17.1. The second kappa shape index (κ2) is 9.29. The van der Waals surface area contributed by atoms with Crippen LogP contribution in [-0.4, -0.2) is 31.6 Å². The number of ether oxygens (including phenoxy) is 1. The molecule has 0 spiro atoms. The van der Waals surface area contributed by atoms with Crippen molar-refractivity contribution in [2.24, 2.45) is 4.99 Å². The average molecular weight is 399 g/mol. The first-order valence-electron chi connectivity index (χ1n) is 10.0. The van der Waals surface area contributed by atoms with Gasteiger partial charge in [0.15, 0.2) is 6.73 Å². The van der Waals surface area contributed by atoms with Gasteiger partial charge in [0.25, 0.3) is 0 Å². The van der Waals surface area contributed by atoms with E-state index in [0.717, 1.165) is 35.6 Å². The normalized spacial score (nSPS) is 10.8. The van der Waals surface area contributed by atoms with Crippen LogP contribution in [-0.2, 0) is 6.54 Å². The summed E-state index contributed by atoms with van der Waals surface area (Å²) in [6.45, 7) is 5.97. The third kappa shape index (κ3) is 4.36. The molecule has 4 rings (SSSR count). The van der Waals surface area contributed by atoms with Gasteiger partial charge in [-0.25, -0.2) is 0 Å². The van der Waals surface area contributed by atoms with E-state index in [1.54, 1.807) is 0 Å². The van der Waals surface area contributed by atoms with Crippen LogP contribution >= 0.6 is 0 Å². The Labute approximate surface area is 177 Å². The third-order valence-electron chi connectivity index (χ3n) is 5.11. The van der Waals surface area contributed by atoms with Crippen LogP contribution in [0.15, 0.2) is 84.0 Å². The summed E-state index contributed by atoms with van der Waals surface area (Å²) in [6.07, 6.45) is 2.14. The van der Waals surface area contributed by atoms with Crippen molar-refractivity contribution in [3.8, 4) is 16.9 Å². The molecule has 0 aliphatic rings. The topological polar surface area (TPSA) is 50.6 Å². The summed E-state index contributed by atoms with van der Waals surface area (Å²) in [4.78, 5) is 4.17. The van der Waals surface area contributed by atoms with Crippen molar-refractivity contribution in [1.29, 1.82) is 0 Å². The number of likely N-dealkylation sites (N-methyl/N-ethyl adjacent to an activating group) is 1. The summed E-state index contributed by atoms with van der Waals surface area (Å²) < 4.78 is 8.15. The minimum Gasteiger partial charge on any atom is -0.471 e. The van der Waals surface area contributed by atoms with Crippen LogP contribution in [0.5, 0.6) is 5.75 Å². The number of hydrogen-bond donors (Lipinski definition) is 2. The Morgan fingerprint density at radius 3 is 2.57 bits per heavy atom. The monoisotopic (exact) mass is 398 g/mol. The Balaban J connectivity index is 1.51. The first-order valence-corrected chi connectivity index (χ1v) is 10.0. The summed E-state index contributed by atoms with van der Waals surface area (Å²) >= 11 is 0. The largest absolute Gasteiger partial charge is 0.471 e. The number of benzene rings is 3. The smallest absolute Gasteiger partial charge is 0.159 e. The number of nitrogens with zero attached hydrogens (tertiary/aromatic N) is 2. The summed E-state index contributed by atoms with van der Waals surface area (Å²) in [5.74, 6) is 0.705. The second-order valence-electron chi connectivity index (χ2n) is 7.06. The quantitative estimate of drug-likeness (QED) is 0.297. The van der Waals surface area contributed by atoms with E-state index in [9.17, 15) is 0 Å². The highest BCUT2D eigenvalue weighted by Crippen LogP contribution is 2.34. The summed E-state index contributed by atoms with van der Waals surface area (Å²) in [5, 5.41) is 7.66. The van der Waals surface area contributed by atoms with E-state index in [1.807, 2.05) is 49.5 Å². The fraction of sp³-hybridized carbons (Fsp3) is 0.160. The second-order valence-corrected chi connectivity index (χ2v) is 7.06. The molecule has 0 bridgehead atoms. The number of aromatic nitrogens is 1. The number of para-hydroxylation sites is 1. The molecule has 2 N–H and O–H groups in total. The molecule has 152 valence electrons. The molecular formula is C25H26N4O. The van der Waals surface area contributed by atoms with Crippen molar-refractivity contribution in [2.45, 2.75) is 6.54 Å². The van der Waals surface area contributed by atoms with E-state index in [-0.39, 0.29) is 0 Å². The van der Waals surface area contributed by atoms with Crippen molar-refractivity contribution in [3.05, 3.63) is 79.0 Å². The van der Waals surface area contributed by atoms with Crippen LogP contribution in [0.2, 0.25) is 0 Å². The van der Waals surface area contributed by atoms with Gasteiger partial charge in [-0.3, -0.25) is 4.99 Å². The molecule has 0 unspecified atom stereocenters. The van der Waals surface area contributed by atoms with Crippen molar-refractivity contribution >= 4 is 29.0 Å². The van der Waals surface area contributed by atoms with Gasteiger partial charge in [-0.2, -0.15) is 0 Å². The molecule has 0 fully saturated rings. The lowest BCUT2D eigenvalue weighted by molar-refractivity contribution is 0.348. The minimum absolute atomic E-state index is 0.359. The first kappa shape index (κ1) is 19.7. The van der Waals surface area contributed by atoms with Gasteiger partial charge in [-0.05, 0) is 67.4 Å². The first-order chi connectivity index (χ1) is 14.8. The molecule has 0 atom stereocenters. The Bertz CT molecular complexity index is 1130. The van der Waals surface area contributed by atoms with Crippen LogP contribution < -0.4 is 15.4 Å². The lowest BCUT2D eigenvalue weighted by Gasteiger charge is -2.12.